The lowest BCUT2D eigenvalue weighted by atomic mass is 10.2. The van der Waals surface area contributed by atoms with Crippen molar-refractivity contribution in [2.45, 2.75) is 0 Å². The van der Waals surface area contributed by atoms with Crippen molar-refractivity contribution in [3.8, 4) is 11.8 Å². The van der Waals surface area contributed by atoms with Crippen LogP contribution >= 0.6 is 11.6 Å². The summed E-state index contributed by atoms with van der Waals surface area (Å²) < 4.78 is 0. The Morgan fingerprint density at radius 2 is 2.33 bits per heavy atom. The predicted octanol–water partition coefficient (Wildman–Crippen LogP) is 1.17. The van der Waals surface area contributed by atoms with Crippen molar-refractivity contribution < 1.29 is 9.90 Å². The van der Waals surface area contributed by atoms with Crippen LogP contribution in [0.1, 0.15) is 5.56 Å². The Hall–Kier alpha value is -1.70. The monoisotopic (exact) mass is 224 g/mol. The van der Waals surface area contributed by atoms with Gasteiger partial charge in [-0.2, -0.15) is 0 Å². The second kappa shape index (κ2) is 5.25. The number of halogens is 1. The molecule has 4 nitrogen and oxygen atoms in total. The Morgan fingerprint density at radius 3 is 2.93 bits per heavy atom. The fraction of sp³-hybridized carbons (Fsp3) is 0.100. The minimum absolute atomic E-state index is 0.261. The summed E-state index contributed by atoms with van der Waals surface area (Å²) in [7, 11) is 0. The first-order valence-corrected chi connectivity index (χ1v) is 4.47. The fourth-order valence-corrected chi connectivity index (χ4v) is 1.17. The summed E-state index contributed by atoms with van der Waals surface area (Å²) in [6, 6.07) is 4.10. The molecule has 0 fully saturated rings. The Labute approximate surface area is 92.0 Å². The van der Waals surface area contributed by atoms with Crippen LogP contribution < -0.4 is 11.1 Å². The average molecular weight is 225 g/mol. The third kappa shape index (κ3) is 3.50. The van der Waals surface area contributed by atoms with Crippen LogP contribution in [-0.2, 0) is 0 Å². The Morgan fingerprint density at radius 1 is 1.60 bits per heavy atom. The minimum atomic E-state index is -0.677. The number of carbonyl (C=O) groups is 1. The zero-order chi connectivity index (χ0) is 11.3. The summed E-state index contributed by atoms with van der Waals surface area (Å²) in [4.78, 5) is 10.7. The number of benzene rings is 1. The van der Waals surface area contributed by atoms with Gasteiger partial charge in [0.1, 0.15) is 6.61 Å². The van der Waals surface area contributed by atoms with Gasteiger partial charge in [-0.3, -0.25) is 0 Å². The quantitative estimate of drug-likeness (QED) is 0.627. The van der Waals surface area contributed by atoms with Crippen LogP contribution in [0.25, 0.3) is 0 Å². The maximum atomic E-state index is 10.7. The van der Waals surface area contributed by atoms with Gasteiger partial charge in [0.15, 0.2) is 0 Å². The fourth-order valence-electron chi connectivity index (χ4n) is 0.996. The molecule has 1 aromatic rings. The molecule has 0 saturated carbocycles. The number of hydrogen-bond donors (Lipinski definition) is 3. The van der Waals surface area contributed by atoms with Crippen LogP contribution in [0.2, 0.25) is 5.02 Å². The molecule has 78 valence electrons. The third-order valence-corrected chi connectivity index (χ3v) is 1.78. The van der Waals surface area contributed by atoms with Crippen LogP contribution in [0, 0.1) is 11.8 Å². The molecule has 1 rings (SSSR count). The number of nitrogens with one attached hydrogen (secondary N) is 1. The third-order valence-electron chi connectivity index (χ3n) is 1.54. The predicted molar refractivity (Wildman–Crippen MR) is 58.6 cm³/mol. The van der Waals surface area contributed by atoms with E-state index in [4.69, 9.17) is 22.4 Å². The molecule has 0 radical (unpaired) electrons. The van der Waals surface area contributed by atoms with Crippen LogP contribution in [0.5, 0.6) is 0 Å². The SMILES string of the molecule is NC(=O)Nc1ccc(Cl)cc1C#CCO. The van der Waals surface area contributed by atoms with Gasteiger partial charge in [-0.25, -0.2) is 4.79 Å². The molecule has 4 N–H and O–H groups in total. The van der Waals surface area contributed by atoms with E-state index in [9.17, 15) is 4.79 Å². The molecule has 0 aliphatic rings. The van der Waals surface area contributed by atoms with Gasteiger partial charge in [-0.05, 0) is 18.2 Å². The second-order valence-electron chi connectivity index (χ2n) is 2.64. The van der Waals surface area contributed by atoms with E-state index in [0.717, 1.165) is 0 Å². The average Bonchev–Trinajstić information content (AvgIpc) is 2.18. The molecule has 0 spiro atoms. The van der Waals surface area contributed by atoms with Crippen LogP contribution in [-0.4, -0.2) is 17.7 Å². The van der Waals surface area contributed by atoms with E-state index in [1.54, 1.807) is 18.2 Å². The van der Waals surface area contributed by atoms with Crippen molar-refractivity contribution in [1.29, 1.82) is 0 Å². The smallest absolute Gasteiger partial charge is 0.316 e. The molecule has 15 heavy (non-hydrogen) atoms. The van der Waals surface area contributed by atoms with Gasteiger partial charge >= 0.3 is 6.03 Å². The van der Waals surface area contributed by atoms with Gasteiger partial charge < -0.3 is 16.2 Å². The first kappa shape index (κ1) is 11.4. The maximum absolute atomic E-state index is 10.7. The Bertz CT molecular complexity index is 435. The number of primary amides is 1. The number of amides is 2. The Kier molecular flexibility index (Phi) is 3.98. The highest BCUT2D eigenvalue weighted by molar-refractivity contribution is 6.30. The van der Waals surface area contributed by atoms with E-state index >= 15 is 0 Å². The highest BCUT2D eigenvalue weighted by atomic mass is 35.5. The number of nitrogens with two attached hydrogens (primary N) is 1. The van der Waals surface area contributed by atoms with E-state index in [0.29, 0.717) is 16.3 Å². The number of carbonyl (C=O) groups excluding carboxylic acids is 1. The van der Waals surface area contributed by atoms with E-state index < -0.39 is 6.03 Å². The summed E-state index contributed by atoms with van der Waals surface area (Å²) in [5.41, 5.74) is 5.95. The van der Waals surface area contributed by atoms with Gasteiger partial charge in [0.05, 0.1) is 5.69 Å². The van der Waals surface area contributed by atoms with E-state index in [1.165, 1.54) is 0 Å². The molecule has 0 atom stereocenters. The largest absolute Gasteiger partial charge is 0.384 e. The van der Waals surface area contributed by atoms with Gasteiger partial charge in [-0.15, -0.1) is 0 Å². The molecule has 2 amide bonds. The second-order valence-corrected chi connectivity index (χ2v) is 3.08. The number of rotatable bonds is 1. The summed E-state index contributed by atoms with van der Waals surface area (Å²) in [6.07, 6.45) is 0. The highest BCUT2D eigenvalue weighted by Crippen LogP contribution is 2.19. The molecule has 5 heteroatoms. The lowest BCUT2D eigenvalue weighted by Gasteiger charge is -2.04. The van der Waals surface area contributed by atoms with Crippen molar-refractivity contribution in [2.24, 2.45) is 5.73 Å². The van der Waals surface area contributed by atoms with Crippen LogP contribution in [0.3, 0.4) is 0 Å². The normalized spacial score (nSPS) is 8.93. The zero-order valence-corrected chi connectivity index (χ0v) is 8.51. The standard InChI is InChI=1S/C10H9ClN2O2/c11-8-3-4-9(13-10(12)15)7(6-8)2-1-5-14/h3-4,6,14H,5H2,(H3,12,13,15). The molecule has 0 saturated heterocycles. The van der Waals surface area contributed by atoms with Crippen molar-refractivity contribution >= 4 is 23.3 Å². The van der Waals surface area contributed by atoms with Crippen molar-refractivity contribution in [3.63, 3.8) is 0 Å². The molecule has 1 aromatic carbocycles. The lowest BCUT2D eigenvalue weighted by molar-refractivity contribution is 0.259. The highest BCUT2D eigenvalue weighted by Gasteiger charge is 2.02. The number of anilines is 1. The van der Waals surface area contributed by atoms with E-state index in [2.05, 4.69) is 17.2 Å². The van der Waals surface area contributed by atoms with Crippen LogP contribution in [0.15, 0.2) is 18.2 Å². The summed E-state index contributed by atoms with van der Waals surface area (Å²) >= 11 is 5.76. The van der Waals surface area contributed by atoms with Crippen molar-refractivity contribution in [2.75, 3.05) is 11.9 Å². The molecule has 0 bridgehead atoms. The van der Waals surface area contributed by atoms with Gasteiger partial charge in [0.25, 0.3) is 0 Å². The molecule has 0 unspecified atom stereocenters. The minimum Gasteiger partial charge on any atom is -0.384 e. The van der Waals surface area contributed by atoms with Gasteiger partial charge in [0, 0.05) is 10.6 Å². The Balaban J connectivity index is 3.08. The van der Waals surface area contributed by atoms with Crippen molar-refractivity contribution in [3.05, 3.63) is 28.8 Å². The topological polar surface area (TPSA) is 75.4 Å². The first-order chi connectivity index (χ1) is 7.13. The molecular formula is C10H9ClN2O2. The summed E-state index contributed by atoms with van der Waals surface area (Å²) in [5, 5.41) is 11.4. The number of hydrogen-bond acceptors (Lipinski definition) is 2. The van der Waals surface area contributed by atoms with Crippen LogP contribution in [0.4, 0.5) is 10.5 Å². The van der Waals surface area contributed by atoms with Gasteiger partial charge in [-0.1, -0.05) is 23.4 Å². The maximum Gasteiger partial charge on any atom is 0.316 e. The summed E-state index contributed by atoms with van der Waals surface area (Å²) in [5.74, 6) is 5.11. The molecule has 0 heterocycles. The molecule has 0 aliphatic carbocycles. The summed E-state index contributed by atoms with van der Waals surface area (Å²) in [6.45, 7) is -0.261. The number of aliphatic hydroxyl groups is 1. The molecule has 0 aromatic heterocycles. The zero-order valence-electron chi connectivity index (χ0n) is 7.75. The van der Waals surface area contributed by atoms with Crippen molar-refractivity contribution in [1.82, 2.24) is 0 Å². The first-order valence-electron chi connectivity index (χ1n) is 4.09. The van der Waals surface area contributed by atoms with E-state index in [-0.39, 0.29) is 6.61 Å². The van der Waals surface area contributed by atoms with Gasteiger partial charge in [0.2, 0.25) is 0 Å². The molecular weight excluding hydrogens is 216 g/mol. The number of aliphatic hydroxyl groups excluding tert-OH is 1. The lowest BCUT2D eigenvalue weighted by Crippen LogP contribution is -2.19. The molecule has 0 aliphatic heterocycles. The number of urea groups is 1. The van der Waals surface area contributed by atoms with E-state index in [1.807, 2.05) is 0 Å².